The molecular formula is C17H24O7. The standard InChI is InChI=1S/C17H24O7/c1-5-6-7-20-8-9-21-17(19)23-24-22-16(18)15-13(3)10-12(2)11-14(15)4/h10-11H,5-9H2,1-4H3. The van der Waals surface area contributed by atoms with Gasteiger partial charge < -0.3 is 9.47 Å². The van der Waals surface area contributed by atoms with E-state index < -0.39 is 12.1 Å². The van der Waals surface area contributed by atoms with Crippen molar-refractivity contribution in [3.8, 4) is 0 Å². The van der Waals surface area contributed by atoms with Gasteiger partial charge in [0.05, 0.1) is 17.2 Å². The van der Waals surface area contributed by atoms with Crippen LogP contribution in [-0.4, -0.2) is 31.9 Å². The van der Waals surface area contributed by atoms with E-state index in [1.807, 2.05) is 19.1 Å². The van der Waals surface area contributed by atoms with Crippen molar-refractivity contribution < 1.29 is 33.9 Å². The molecule has 24 heavy (non-hydrogen) atoms. The van der Waals surface area contributed by atoms with Crippen molar-refractivity contribution in [2.24, 2.45) is 0 Å². The fourth-order valence-corrected chi connectivity index (χ4v) is 2.18. The average Bonchev–Trinajstić information content (AvgIpc) is 2.49. The van der Waals surface area contributed by atoms with E-state index in [4.69, 9.17) is 4.74 Å². The van der Waals surface area contributed by atoms with Gasteiger partial charge in [-0.2, -0.15) is 0 Å². The second-order valence-electron chi connectivity index (χ2n) is 5.36. The van der Waals surface area contributed by atoms with Gasteiger partial charge in [-0.1, -0.05) is 31.0 Å². The molecule has 0 aliphatic carbocycles. The van der Waals surface area contributed by atoms with E-state index >= 15 is 0 Å². The molecule has 134 valence electrons. The molecule has 0 spiro atoms. The SMILES string of the molecule is CCCCOCCOC(=O)OOOC(=O)c1c(C)cc(C)cc1C. The van der Waals surface area contributed by atoms with E-state index in [-0.39, 0.29) is 13.2 Å². The molecule has 0 saturated carbocycles. The van der Waals surface area contributed by atoms with Crippen molar-refractivity contribution in [1.82, 2.24) is 0 Å². The summed E-state index contributed by atoms with van der Waals surface area (Å²) in [6.45, 7) is 8.44. The van der Waals surface area contributed by atoms with E-state index in [9.17, 15) is 9.59 Å². The molecule has 0 atom stereocenters. The number of aryl methyl sites for hydroxylation is 3. The second-order valence-corrected chi connectivity index (χ2v) is 5.36. The fourth-order valence-electron chi connectivity index (χ4n) is 2.18. The van der Waals surface area contributed by atoms with Gasteiger partial charge in [0.1, 0.15) is 6.61 Å². The largest absolute Gasteiger partial charge is 0.543 e. The van der Waals surface area contributed by atoms with Crippen LogP contribution in [0.5, 0.6) is 0 Å². The van der Waals surface area contributed by atoms with Gasteiger partial charge in [0.2, 0.25) is 0 Å². The van der Waals surface area contributed by atoms with Gasteiger partial charge in [-0.15, -0.1) is 0 Å². The van der Waals surface area contributed by atoms with Crippen molar-refractivity contribution in [1.29, 1.82) is 0 Å². The average molecular weight is 340 g/mol. The fraction of sp³-hybridized carbons (Fsp3) is 0.529. The number of unbranched alkanes of at least 4 members (excludes halogenated alkanes) is 1. The molecule has 1 aromatic rings. The van der Waals surface area contributed by atoms with Gasteiger partial charge in [-0.25, -0.2) is 14.5 Å². The monoisotopic (exact) mass is 340 g/mol. The second kappa shape index (κ2) is 10.6. The molecule has 0 saturated heterocycles. The summed E-state index contributed by atoms with van der Waals surface area (Å²) < 4.78 is 9.87. The lowest BCUT2D eigenvalue weighted by Crippen LogP contribution is -2.15. The maximum atomic E-state index is 11.9. The zero-order chi connectivity index (χ0) is 17.9. The normalized spacial score (nSPS) is 10.3. The van der Waals surface area contributed by atoms with Crippen molar-refractivity contribution in [2.75, 3.05) is 19.8 Å². The third-order valence-electron chi connectivity index (χ3n) is 3.18. The molecule has 0 aliphatic heterocycles. The van der Waals surface area contributed by atoms with Crippen LogP contribution in [0.2, 0.25) is 0 Å². The molecule has 0 heterocycles. The highest BCUT2D eigenvalue weighted by molar-refractivity contribution is 5.92. The smallest absolute Gasteiger partial charge is 0.430 e. The van der Waals surface area contributed by atoms with E-state index in [2.05, 4.69) is 26.5 Å². The first kappa shape index (κ1) is 19.9. The maximum absolute atomic E-state index is 11.9. The molecule has 0 aliphatic rings. The number of hydrogen-bond acceptors (Lipinski definition) is 7. The van der Waals surface area contributed by atoms with Gasteiger partial charge in [-0.3, -0.25) is 4.89 Å². The Morgan fingerprint density at radius 3 is 2.25 bits per heavy atom. The van der Waals surface area contributed by atoms with Crippen LogP contribution < -0.4 is 0 Å². The van der Waals surface area contributed by atoms with E-state index in [0.717, 1.165) is 29.5 Å². The van der Waals surface area contributed by atoms with Gasteiger partial charge in [0, 0.05) is 6.61 Å². The Balaban J connectivity index is 2.27. The first-order valence-electron chi connectivity index (χ1n) is 7.83. The molecule has 0 aromatic heterocycles. The van der Waals surface area contributed by atoms with Crippen molar-refractivity contribution in [3.63, 3.8) is 0 Å². The summed E-state index contributed by atoms with van der Waals surface area (Å²) >= 11 is 0. The molecule has 7 heteroatoms. The van der Waals surface area contributed by atoms with Gasteiger partial charge in [0.15, 0.2) is 0 Å². The van der Waals surface area contributed by atoms with Crippen LogP contribution in [0.25, 0.3) is 0 Å². The molecule has 1 rings (SSSR count). The van der Waals surface area contributed by atoms with Crippen molar-refractivity contribution in [3.05, 3.63) is 34.4 Å². The first-order valence-corrected chi connectivity index (χ1v) is 7.83. The highest BCUT2D eigenvalue weighted by Crippen LogP contribution is 2.17. The van der Waals surface area contributed by atoms with Crippen molar-refractivity contribution >= 4 is 12.1 Å². The minimum Gasteiger partial charge on any atom is -0.430 e. The number of hydrogen-bond donors (Lipinski definition) is 0. The molecule has 1 aromatic carbocycles. The Labute approximate surface area is 141 Å². The predicted octanol–water partition coefficient (Wildman–Crippen LogP) is 3.59. The maximum Gasteiger partial charge on any atom is 0.543 e. The lowest BCUT2D eigenvalue weighted by Gasteiger charge is -2.09. The summed E-state index contributed by atoms with van der Waals surface area (Å²) in [7, 11) is 0. The first-order chi connectivity index (χ1) is 11.5. The highest BCUT2D eigenvalue weighted by Gasteiger charge is 2.17. The lowest BCUT2D eigenvalue weighted by atomic mass is 10.0. The van der Waals surface area contributed by atoms with Crippen LogP contribution in [0.15, 0.2) is 12.1 Å². The quantitative estimate of drug-likeness (QED) is 0.294. The van der Waals surface area contributed by atoms with Gasteiger partial charge in [-0.05, 0) is 38.3 Å². The zero-order valence-electron chi connectivity index (χ0n) is 14.5. The predicted molar refractivity (Wildman–Crippen MR) is 85.3 cm³/mol. The van der Waals surface area contributed by atoms with Crippen LogP contribution in [0.4, 0.5) is 4.79 Å². The number of carbonyl (C=O) groups excluding carboxylic acids is 2. The highest BCUT2D eigenvalue weighted by atomic mass is 17.5. The van der Waals surface area contributed by atoms with Gasteiger partial charge in [0.25, 0.3) is 0 Å². The summed E-state index contributed by atoms with van der Waals surface area (Å²) in [5.74, 6) is -0.749. The number of benzene rings is 1. The van der Waals surface area contributed by atoms with E-state index in [1.54, 1.807) is 13.8 Å². The van der Waals surface area contributed by atoms with Crippen LogP contribution >= 0.6 is 0 Å². The Morgan fingerprint density at radius 2 is 1.62 bits per heavy atom. The summed E-state index contributed by atoms with van der Waals surface area (Å²) in [5, 5.41) is 4.18. The Bertz CT molecular complexity index is 531. The minimum atomic E-state index is -1.11. The molecule has 0 amide bonds. The minimum absolute atomic E-state index is 0.0238. The van der Waals surface area contributed by atoms with Crippen LogP contribution in [0.1, 0.15) is 46.8 Å². The van der Waals surface area contributed by atoms with Crippen LogP contribution in [0, 0.1) is 20.8 Å². The lowest BCUT2D eigenvalue weighted by molar-refractivity contribution is -0.452. The van der Waals surface area contributed by atoms with E-state index in [1.165, 1.54) is 0 Å². The molecular weight excluding hydrogens is 316 g/mol. The summed E-state index contributed by atoms with van der Waals surface area (Å²) in [4.78, 5) is 31.8. The topological polar surface area (TPSA) is 80.3 Å². The van der Waals surface area contributed by atoms with Crippen LogP contribution in [-0.2, 0) is 24.3 Å². The van der Waals surface area contributed by atoms with Gasteiger partial charge >= 0.3 is 12.1 Å². The summed E-state index contributed by atoms with van der Waals surface area (Å²) in [6.07, 6.45) is 0.864. The summed E-state index contributed by atoms with van der Waals surface area (Å²) in [5.41, 5.74) is 2.88. The molecule has 0 N–H and O–H groups in total. The zero-order valence-corrected chi connectivity index (χ0v) is 14.5. The third-order valence-corrected chi connectivity index (χ3v) is 3.18. The Morgan fingerprint density at radius 1 is 0.958 bits per heavy atom. The molecule has 0 fully saturated rings. The molecule has 7 nitrogen and oxygen atoms in total. The summed E-state index contributed by atoms with van der Waals surface area (Å²) in [6, 6.07) is 3.69. The number of rotatable bonds is 9. The number of ether oxygens (including phenoxy) is 2. The third kappa shape index (κ3) is 6.97. The Hall–Kier alpha value is -2.12. The Kier molecular flexibility index (Phi) is 8.81. The van der Waals surface area contributed by atoms with E-state index in [0.29, 0.717) is 12.2 Å². The molecule has 0 unspecified atom stereocenters. The van der Waals surface area contributed by atoms with Crippen molar-refractivity contribution in [2.45, 2.75) is 40.5 Å². The number of carbonyl (C=O) groups is 2. The molecule has 0 bridgehead atoms. The molecule has 0 radical (unpaired) electrons. The van der Waals surface area contributed by atoms with Crippen LogP contribution in [0.3, 0.4) is 0 Å².